The summed E-state index contributed by atoms with van der Waals surface area (Å²) in [4.78, 5) is 21.0. The third-order valence-electron chi connectivity index (χ3n) is 6.32. The summed E-state index contributed by atoms with van der Waals surface area (Å²) in [5.74, 6) is -1.13. The van der Waals surface area contributed by atoms with Gasteiger partial charge in [0.2, 0.25) is 5.95 Å². The number of aliphatic carboxylic acids is 1. The Morgan fingerprint density at radius 1 is 1.20 bits per heavy atom. The lowest BCUT2D eigenvalue weighted by atomic mass is 10.1. The van der Waals surface area contributed by atoms with Gasteiger partial charge in [-0.1, -0.05) is 0 Å². The predicted molar refractivity (Wildman–Crippen MR) is 153 cm³/mol. The lowest BCUT2D eigenvalue weighted by molar-refractivity contribution is -0.192. The number of rotatable bonds is 8. The first-order chi connectivity index (χ1) is 20.7. The number of aromatic amines is 1. The summed E-state index contributed by atoms with van der Waals surface area (Å²) < 4.78 is 69.9. The number of nitriles is 1. The summed E-state index contributed by atoms with van der Waals surface area (Å²) in [6.07, 6.45) is -1.83. The van der Waals surface area contributed by atoms with E-state index < -0.39 is 27.2 Å². The average Bonchev–Trinajstić information content (AvgIpc) is 3.58. The number of carbonyl (C=O) groups is 1. The second-order valence-electron chi connectivity index (χ2n) is 9.56. The van der Waals surface area contributed by atoms with Crippen molar-refractivity contribution in [2.75, 3.05) is 36.1 Å². The van der Waals surface area contributed by atoms with E-state index in [4.69, 9.17) is 19.4 Å². The Bertz CT molecular complexity index is 1830. The maximum absolute atomic E-state index is 12.3. The number of halogens is 3. The molecule has 3 aromatic heterocycles. The zero-order chi connectivity index (χ0) is 32.2. The van der Waals surface area contributed by atoms with Crippen molar-refractivity contribution in [3.05, 3.63) is 36.2 Å². The SMILES string of the molecule is CC(C)S(=O)(=O)CCNc1nc(Nc2ccc(-c3ccnn3C)c3c2OCCO3)nc2[nH]cc(C#N)c12.O=C(O)C(F)(F)F. The van der Waals surface area contributed by atoms with Crippen molar-refractivity contribution in [3.8, 4) is 28.8 Å². The van der Waals surface area contributed by atoms with E-state index in [1.54, 1.807) is 30.9 Å². The molecule has 0 amide bonds. The van der Waals surface area contributed by atoms with Crippen molar-refractivity contribution in [1.29, 1.82) is 5.26 Å². The van der Waals surface area contributed by atoms with Gasteiger partial charge in [0, 0.05) is 31.5 Å². The topological polar surface area (TPSA) is 197 Å². The Labute approximate surface area is 248 Å². The smallest absolute Gasteiger partial charge is 0.485 e. The number of hydrogen-bond donors (Lipinski definition) is 4. The summed E-state index contributed by atoms with van der Waals surface area (Å²) in [5, 5.41) is 27.2. The summed E-state index contributed by atoms with van der Waals surface area (Å²) >= 11 is 0. The first-order valence-electron chi connectivity index (χ1n) is 13.0. The van der Waals surface area contributed by atoms with Crippen LogP contribution in [0.1, 0.15) is 19.4 Å². The Balaban J connectivity index is 0.000000566. The molecular formula is C26H27F3N8O6S. The van der Waals surface area contributed by atoms with Gasteiger partial charge in [-0.15, -0.1) is 0 Å². The van der Waals surface area contributed by atoms with Crippen LogP contribution >= 0.6 is 0 Å². The maximum atomic E-state index is 12.3. The molecule has 1 aliphatic rings. The third-order valence-corrected chi connectivity index (χ3v) is 8.53. The predicted octanol–water partition coefficient (Wildman–Crippen LogP) is 3.61. The van der Waals surface area contributed by atoms with Crippen LogP contribution in [0.15, 0.2) is 30.6 Å². The largest absolute Gasteiger partial charge is 0.490 e. The molecule has 0 saturated heterocycles. The number of carboxylic acid groups (broad SMARTS) is 1. The molecule has 0 saturated carbocycles. The number of aryl methyl sites for hydroxylation is 1. The fraction of sp³-hybridized carbons (Fsp3) is 0.346. The summed E-state index contributed by atoms with van der Waals surface area (Å²) in [6, 6.07) is 7.77. The van der Waals surface area contributed by atoms with Crippen molar-refractivity contribution >= 4 is 44.3 Å². The van der Waals surface area contributed by atoms with Gasteiger partial charge in [-0.05, 0) is 32.0 Å². The van der Waals surface area contributed by atoms with E-state index in [0.717, 1.165) is 11.3 Å². The minimum absolute atomic E-state index is 0.0700. The Hall–Kier alpha value is -5.05. The molecule has 4 aromatic rings. The number of benzene rings is 1. The maximum Gasteiger partial charge on any atom is 0.490 e. The highest BCUT2D eigenvalue weighted by Crippen LogP contribution is 2.45. The monoisotopic (exact) mass is 636 g/mol. The molecule has 44 heavy (non-hydrogen) atoms. The lowest BCUT2D eigenvalue weighted by Gasteiger charge is -2.24. The van der Waals surface area contributed by atoms with Crippen LogP contribution in [0.5, 0.6) is 11.5 Å². The van der Waals surface area contributed by atoms with Crippen molar-refractivity contribution in [2.45, 2.75) is 25.3 Å². The van der Waals surface area contributed by atoms with E-state index in [9.17, 15) is 26.9 Å². The van der Waals surface area contributed by atoms with E-state index in [0.29, 0.717) is 52.8 Å². The minimum Gasteiger partial charge on any atom is -0.485 e. The molecule has 0 unspecified atom stereocenters. The van der Waals surface area contributed by atoms with Gasteiger partial charge in [0.05, 0.1) is 33.3 Å². The van der Waals surface area contributed by atoms with Crippen LogP contribution in [-0.2, 0) is 21.7 Å². The van der Waals surface area contributed by atoms with Crippen molar-refractivity contribution in [1.82, 2.24) is 24.7 Å². The Morgan fingerprint density at radius 2 is 1.89 bits per heavy atom. The number of hydrogen-bond acceptors (Lipinski definition) is 11. The van der Waals surface area contributed by atoms with Crippen LogP contribution in [-0.4, -0.2) is 81.2 Å². The molecule has 4 N–H and O–H groups in total. The fourth-order valence-corrected chi connectivity index (χ4v) is 4.91. The highest BCUT2D eigenvalue weighted by atomic mass is 32.2. The zero-order valence-electron chi connectivity index (χ0n) is 23.6. The van der Waals surface area contributed by atoms with Crippen LogP contribution in [0.3, 0.4) is 0 Å². The number of carboxylic acids is 1. The number of nitrogens with one attached hydrogen (secondary N) is 3. The van der Waals surface area contributed by atoms with Crippen molar-refractivity contribution < 1.29 is 41.0 Å². The molecule has 0 fully saturated rings. The molecule has 0 radical (unpaired) electrons. The Kier molecular flexibility index (Phi) is 9.18. The molecule has 0 aliphatic carbocycles. The summed E-state index contributed by atoms with van der Waals surface area (Å²) in [7, 11) is -1.40. The van der Waals surface area contributed by atoms with Crippen LogP contribution in [0.25, 0.3) is 22.3 Å². The number of alkyl halides is 3. The number of nitrogens with zero attached hydrogens (tertiary/aromatic N) is 5. The van der Waals surface area contributed by atoms with Gasteiger partial charge in [-0.3, -0.25) is 4.68 Å². The summed E-state index contributed by atoms with van der Waals surface area (Å²) in [6.45, 7) is 4.22. The number of anilines is 3. The van der Waals surface area contributed by atoms with Crippen LogP contribution < -0.4 is 20.1 Å². The normalized spacial score (nSPS) is 12.8. The number of fused-ring (bicyclic) bond motifs is 2. The van der Waals surface area contributed by atoms with Gasteiger partial charge in [0.1, 0.15) is 30.7 Å². The second kappa shape index (κ2) is 12.7. The number of aromatic nitrogens is 5. The highest BCUT2D eigenvalue weighted by molar-refractivity contribution is 7.92. The van der Waals surface area contributed by atoms with Crippen LogP contribution in [0, 0.1) is 11.3 Å². The molecule has 0 atom stereocenters. The lowest BCUT2D eigenvalue weighted by Crippen LogP contribution is -2.23. The van der Waals surface area contributed by atoms with Gasteiger partial charge in [0.25, 0.3) is 0 Å². The molecule has 234 valence electrons. The molecule has 4 heterocycles. The molecule has 0 spiro atoms. The molecule has 18 heteroatoms. The summed E-state index contributed by atoms with van der Waals surface area (Å²) in [5.41, 5.74) is 3.10. The number of sulfone groups is 1. The third kappa shape index (κ3) is 6.94. The van der Waals surface area contributed by atoms with Crippen molar-refractivity contribution in [2.24, 2.45) is 7.05 Å². The fourth-order valence-electron chi connectivity index (χ4n) is 4.05. The molecule has 14 nitrogen and oxygen atoms in total. The van der Waals surface area contributed by atoms with E-state index in [-0.39, 0.29) is 18.2 Å². The van der Waals surface area contributed by atoms with E-state index in [2.05, 4.69) is 36.8 Å². The molecule has 1 aliphatic heterocycles. The Morgan fingerprint density at radius 3 is 2.48 bits per heavy atom. The van der Waals surface area contributed by atoms with Crippen LogP contribution in [0.4, 0.5) is 30.6 Å². The average molecular weight is 637 g/mol. The quantitative estimate of drug-likeness (QED) is 0.220. The molecule has 5 rings (SSSR count). The van der Waals surface area contributed by atoms with E-state index in [1.165, 1.54) is 0 Å². The molecule has 0 bridgehead atoms. The highest BCUT2D eigenvalue weighted by Gasteiger charge is 2.38. The zero-order valence-corrected chi connectivity index (χ0v) is 24.4. The van der Waals surface area contributed by atoms with Gasteiger partial charge in [-0.2, -0.15) is 33.5 Å². The first-order valence-corrected chi connectivity index (χ1v) is 14.7. The van der Waals surface area contributed by atoms with Crippen LogP contribution in [0.2, 0.25) is 0 Å². The number of ether oxygens (including phenoxy) is 2. The minimum atomic E-state index is -5.08. The van der Waals surface area contributed by atoms with E-state index in [1.807, 2.05) is 25.2 Å². The van der Waals surface area contributed by atoms with Gasteiger partial charge in [-0.25, -0.2) is 13.2 Å². The van der Waals surface area contributed by atoms with Gasteiger partial charge in [0.15, 0.2) is 21.3 Å². The second-order valence-corrected chi connectivity index (χ2v) is 12.2. The number of H-pyrrole nitrogens is 1. The molecule has 1 aromatic carbocycles. The standard InChI is InChI=1S/C24H26N8O4S.C2HF3O2/c1-14(2)37(33,34)11-8-26-22-19-15(12-25)13-27-23(19)31-24(30-22)29-17-5-4-16(18-6-7-28-32(18)3)20-21(17)36-10-9-35-20;3-2(4,5)1(6)7/h4-7,13-14H,8-11H2,1-3H3,(H3,26,27,29,30,31);(H,6,7). The van der Waals surface area contributed by atoms with Gasteiger partial charge < -0.3 is 30.2 Å². The van der Waals surface area contributed by atoms with Crippen molar-refractivity contribution in [3.63, 3.8) is 0 Å². The molecular weight excluding hydrogens is 609 g/mol. The van der Waals surface area contributed by atoms with E-state index >= 15 is 0 Å². The first kappa shape index (κ1) is 31.9. The van der Waals surface area contributed by atoms with Gasteiger partial charge >= 0.3 is 12.1 Å².